The minimum atomic E-state index is -0.986. The second-order valence-corrected chi connectivity index (χ2v) is 5.13. The maximum absolute atomic E-state index is 11.2. The van der Waals surface area contributed by atoms with Gasteiger partial charge in [-0.2, -0.15) is 0 Å². The number of rotatable bonds is 13. The summed E-state index contributed by atoms with van der Waals surface area (Å²) >= 11 is 0. The Kier molecular flexibility index (Phi) is 13.9. The highest BCUT2D eigenvalue weighted by Gasteiger charge is 2.04. The van der Waals surface area contributed by atoms with E-state index in [0.29, 0.717) is 0 Å². The van der Waals surface area contributed by atoms with Crippen molar-refractivity contribution in [3.63, 3.8) is 0 Å². The van der Waals surface area contributed by atoms with Crippen molar-refractivity contribution in [3.8, 4) is 0 Å². The van der Waals surface area contributed by atoms with E-state index in [1.807, 2.05) is 6.08 Å². The number of ether oxygens (including phenoxy) is 1. The molecule has 0 bridgehead atoms. The average molecular weight is 286 g/mol. The molecule has 0 aromatic carbocycles. The van der Waals surface area contributed by atoms with Gasteiger partial charge in [0.05, 0.1) is 6.61 Å². The molecule has 0 saturated heterocycles. The Balaban J connectivity index is 3.32. The van der Waals surface area contributed by atoms with E-state index in [2.05, 4.69) is 6.92 Å². The zero-order valence-electron chi connectivity index (χ0n) is 12.7. The van der Waals surface area contributed by atoms with Crippen LogP contribution in [0.15, 0.2) is 12.2 Å². The van der Waals surface area contributed by atoms with Crippen molar-refractivity contribution < 1.29 is 19.7 Å². The molecule has 118 valence electrons. The molecule has 1 unspecified atom stereocenters. The van der Waals surface area contributed by atoms with Crippen LogP contribution in [-0.4, -0.2) is 35.5 Å². The van der Waals surface area contributed by atoms with E-state index in [0.717, 1.165) is 12.8 Å². The lowest BCUT2D eigenvalue weighted by atomic mass is 10.1. The Bertz CT molecular complexity index is 251. The molecule has 0 fully saturated rings. The molecule has 0 aromatic rings. The van der Waals surface area contributed by atoms with Crippen LogP contribution in [0.5, 0.6) is 0 Å². The third kappa shape index (κ3) is 13.6. The summed E-state index contributed by atoms with van der Waals surface area (Å²) in [6.07, 6.45) is 13.3. The molecule has 0 radical (unpaired) electrons. The second-order valence-electron chi connectivity index (χ2n) is 5.13. The van der Waals surface area contributed by atoms with Gasteiger partial charge in [0.15, 0.2) is 0 Å². The van der Waals surface area contributed by atoms with Crippen molar-refractivity contribution in [3.05, 3.63) is 12.2 Å². The van der Waals surface area contributed by atoms with Crippen LogP contribution in [0.1, 0.15) is 64.7 Å². The number of hydrogen-bond donors (Lipinski definition) is 2. The first kappa shape index (κ1) is 19.1. The minimum Gasteiger partial charge on any atom is -0.460 e. The lowest BCUT2D eigenvalue weighted by molar-refractivity contribution is -0.141. The van der Waals surface area contributed by atoms with E-state index in [-0.39, 0.29) is 6.61 Å². The fourth-order valence-corrected chi connectivity index (χ4v) is 1.85. The molecule has 0 saturated carbocycles. The molecule has 0 heterocycles. The van der Waals surface area contributed by atoms with E-state index >= 15 is 0 Å². The van der Waals surface area contributed by atoms with Crippen LogP contribution in [0.25, 0.3) is 0 Å². The molecule has 0 aliphatic heterocycles. The summed E-state index contributed by atoms with van der Waals surface area (Å²) in [5.41, 5.74) is 0. The topological polar surface area (TPSA) is 66.8 Å². The number of esters is 1. The number of hydrogen-bond acceptors (Lipinski definition) is 4. The van der Waals surface area contributed by atoms with Gasteiger partial charge in [-0.25, -0.2) is 4.79 Å². The quantitative estimate of drug-likeness (QED) is 0.310. The number of carbonyl (C=O) groups excluding carboxylic acids is 1. The summed E-state index contributed by atoms with van der Waals surface area (Å²) < 4.78 is 4.74. The second kappa shape index (κ2) is 14.5. The monoisotopic (exact) mass is 286 g/mol. The zero-order chi connectivity index (χ0) is 15.1. The van der Waals surface area contributed by atoms with Gasteiger partial charge in [-0.15, -0.1) is 0 Å². The van der Waals surface area contributed by atoms with Crippen LogP contribution in [0.3, 0.4) is 0 Å². The van der Waals surface area contributed by atoms with Crippen molar-refractivity contribution in [2.75, 3.05) is 13.2 Å². The van der Waals surface area contributed by atoms with E-state index in [1.165, 1.54) is 51.0 Å². The zero-order valence-corrected chi connectivity index (χ0v) is 12.7. The smallest absolute Gasteiger partial charge is 0.330 e. The van der Waals surface area contributed by atoms with E-state index in [9.17, 15) is 4.79 Å². The molecule has 1 atom stereocenters. The number of aliphatic hydroxyl groups is 2. The normalized spacial score (nSPS) is 12.8. The number of aliphatic hydroxyl groups excluding tert-OH is 2. The van der Waals surface area contributed by atoms with Crippen LogP contribution in [0, 0.1) is 0 Å². The first-order valence-corrected chi connectivity index (χ1v) is 7.83. The third-order valence-electron chi connectivity index (χ3n) is 3.11. The van der Waals surface area contributed by atoms with Crippen LogP contribution in [0.2, 0.25) is 0 Å². The Morgan fingerprint density at radius 1 is 1.10 bits per heavy atom. The highest BCUT2D eigenvalue weighted by molar-refractivity contribution is 5.81. The lowest BCUT2D eigenvalue weighted by Gasteiger charge is -2.05. The molecule has 0 amide bonds. The molecular formula is C16H30O4. The Morgan fingerprint density at radius 3 is 2.30 bits per heavy atom. The molecule has 0 aliphatic carbocycles. The summed E-state index contributed by atoms with van der Waals surface area (Å²) in [7, 11) is 0. The summed E-state index contributed by atoms with van der Waals surface area (Å²) in [5.74, 6) is -0.461. The molecule has 0 aromatic heterocycles. The van der Waals surface area contributed by atoms with E-state index in [1.54, 1.807) is 0 Å². The van der Waals surface area contributed by atoms with E-state index < -0.39 is 18.7 Å². The maximum atomic E-state index is 11.2. The molecule has 4 nitrogen and oxygen atoms in total. The van der Waals surface area contributed by atoms with Gasteiger partial charge in [0, 0.05) is 6.08 Å². The number of unbranched alkanes of at least 4 members (excludes halogenated alkanes) is 8. The predicted octanol–water partition coefficient (Wildman–Crippen LogP) is 2.97. The number of allylic oxidation sites excluding steroid dienone is 1. The molecule has 4 heteroatoms. The summed E-state index contributed by atoms with van der Waals surface area (Å²) in [5, 5.41) is 17.6. The summed E-state index contributed by atoms with van der Waals surface area (Å²) in [6.45, 7) is 1.68. The highest BCUT2D eigenvalue weighted by atomic mass is 16.5. The standard InChI is InChI=1S/C16H30O4/c1-2-3-4-5-6-7-8-9-10-11-12-16(19)20-14-15(18)13-17/h11-12,15,17-18H,2-10,13-14H2,1H3. The Morgan fingerprint density at radius 2 is 1.70 bits per heavy atom. The van der Waals surface area contributed by atoms with Crippen LogP contribution >= 0.6 is 0 Å². The largest absolute Gasteiger partial charge is 0.460 e. The lowest BCUT2D eigenvalue weighted by Crippen LogP contribution is -2.21. The molecular weight excluding hydrogens is 256 g/mol. The predicted molar refractivity (Wildman–Crippen MR) is 80.4 cm³/mol. The van der Waals surface area contributed by atoms with Gasteiger partial charge in [-0.3, -0.25) is 0 Å². The van der Waals surface area contributed by atoms with Gasteiger partial charge < -0.3 is 14.9 Å². The highest BCUT2D eigenvalue weighted by Crippen LogP contribution is 2.09. The molecule has 20 heavy (non-hydrogen) atoms. The molecule has 0 rings (SSSR count). The van der Waals surface area contributed by atoms with Crippen molar-refractivity contribution in [2.45, 2.75) is 70.8 Å². The first-order valence-electron chi connectivity index (χ1n) is 7.83. The van der Waals surface area contributed by atoms with Gasteiger partial charge in [0.2, 0.25) is 0 Å². The van der Waals surface area contributed by atoms with Crippen molar-refractivity contribution >= 4 is 5.97 Å². The summed E-state index contributed by atoms with van der Waals surface area (Å²) in [4.78, 5) is 11.2. The first-order chi connectivity index (χ1) is 9.70. The van der Waals surface area contributed by atoms with Crippen molar-refractivity contribution in [1.82, 2.24) is 0 Å². The van der Waals surface area contributed by atoms with Crippen molar-refractivity contribution in [1.29, 1.82) is 0 Å². The fourth-order valence-electron chi connectivity index (χ4n) is 1.85. The fraction of sp³-hybridized carbons (Fsp3) is 0.812. The SMILES string of the molecule is CCCCCCCCCCC=CC(=O)OCC(O)CO. The van der Waals surface area contributed by atoms with Gasteiger partial charge in [0.1, 0.15) is 12.7 Å². The third-order valence-corrected chi connectivity index (χ3v) is 3.11. The van der Waals surface area contributed by atoms with Crippen LogP contribution in [0.4, 0.5) is 0 Å². The van der Waals surface area contributed by atoms with Crippen LogP contribution in [-0.2, 0) is 9.53 Å². The molecule has 2 N–H and O–H groups in total. The average Bonchev–Trinajstić information content (AvgIpc) is 2.46. The van der Waals surface area contributed by atoms with Gasteiger partial charge in [-0.05, 0) is 12.8 Å². The molecule has 0 spiro atoms. The summed E-state index contributed by atoms with van der Waals surface area (Å²) in [6, 6.07) is 0. The van der Waals surface area contributed by atoms with Gasteiger partial charge in [-0.1, -0.05) is 57.9 Å². The van der Waals surface area contributed by atoms with Gasteiger partial charge in [0.25, 0.3) is 0 Å². The number of carbonyl (C=O) groups is 1. The van der Waals surface area contributed by atoms with E-state index in [4.69, 9.17) is 14.9 Å². The minimum absolute atomic E-state index is 0.155. The maximum Gasteiger partial charge on any atom is 0.330 e. The van der Waals surface area contributed by atoms with Crippen LogP contribution < -0.4 is 0 Å². The molecule has 0 aliphatic rings. The van der Waals surface area contributed by atoms with Crippen molar-refractivity contribution in [2.24, 2.45) is 0 Å². The van der Waals surface area contributed by atoms with Gasteiger partial charge >= 0.3 is 5.97 Å². The Labute approximate surface area is 122 Å². The Hall–Kier alpha value is -0.870.